The summed E-state index contributed by atoms with van der Waals surface area (Å²) in [5, 5.41) is 15.1. The van der Waals surface area contributed by atoms with Crippen molar-refractivity contribution in [3.8, 4) is 0 Å². The summed E-state index contributed by atoms with van der Waals surface area (Å²) in [5.41, 5.74) is 4.90. The van der Waals surface area contributed by atoms with Gasteiger partial charge >= 0.3 is 12.0 Å². The maximum atomic E-state index is 12.2. The van der Waals surface area contributed by atoms with Crippen LogP contribution in [0, 0.1) is 5.92 Å². The first-order valence-corrected chi connectivity index (χ1v) is 8.00. The molecule has 2 saturated carbocycles. The van der Waals surface area contributed by atoms with Crippen LogP contribution in [0.4, 0.5) is 4.79 Å². The average molecular weight is 297 g/mol. The molecule has 0 radical (unpaired) electrons. The van der Waals surface area contributed by atoms with Gasteiger partial charge in [-0.2, -0.15) is 0 Å². The van der Waals surface area contributed by atoms with Crippen molar-refractivity contribution in [2.45, 2.75) is 75.9 Å². The number of nitrogens with two attached hydrogens (primary N) is 1. The highest BCUT2D eigenvalue weighted by atomic mass is 16.4. The molecule has 2 rings (SSSR count). The third kappa shape index (κ3) is 3.87. The van der Waals surface area contributed by atoms with Gasteiger partial charge in [-0.25, -0.2) is 9.59 Å². The molecule has 6 nitrogen and oxygen atoms in total. The fourth-order valence-corrected chi connectivity index (χ4v) is 3.41. The summed E-state index contributed by atoms with van der Waals surface area (Å²) in [4.78, 5) is 23.8. The van der Waals surface area contributed by atoms with Crippen molar-refractivity contribution >= 4 is 12.0 Å². The van der Waals surface area contributed by atoms with Gasteiger partial charge in [-0.1, -0.05) is 19.8 Å². The number of aliphatic carboxylic acids is 1. The summed E-state index contributed by atoms with van der Waals surface area (Å²) in [6.45, 7) is 2.12. The van der Waals surface area contributed by atoms with Crippen molar-refractivity contribution in [3.05, 3.63) is 0 Å². The number of rotatable bonds is 3. The first-order chi connectivity index (χ1) is 9.93. The van der Waals surface area contributed by atoms with Crippen LogP contribution in [-0.4, -0.2) is 34.7 Å². The molecule has 2 aliphatic carbocycles. The topological polar surface area (TPSA) is 104 Å². The minimum absolute atomic E-state index is 0.0309. The molecule has 5 N–H and O–H groups in total. The Kier molecular flexibility index (Phi) is 5.08. The van der Waals surface area contributed by atoms with Crippen molar-refractivity contribution in [1.29, 1.82) is 0 Å². The van der Waals surface area contributed by atoms with E-state index in [2.05, 4.69) is 17.6 Å². The molecule has 0 aromatic carbocycles. The van der Waals surface area contributed by atoms with E-state index >= 15 is 0 Å². The molecule has 120 valence electrons. The van der Waals surface area contributed by atoms with E-state index in [-0.39, 0.29) is 12.1 Å². The van der Waals surface area contributed by atoms with Crippen LogP contribution in [0.15, 0.2) is 0 Å². The van der Waals surface area contributed by atoms with Gasteiger partial charge in [0.25, 0.3) is 0 Å². The Morgan fingerprint density at radius 2 is 1.76 bits per heavy atom. The van der Waals surface area contributed by atoms with Gasteiger partial charge in [-0.3, -0.25) is 0 Å². The predicted molar refractivity (Wildman–Crippen MR) is 79.9 cm³/mol. The Balaban J connectivity index is 1.94. The molecule has 0 aromatic heterocycles. The Morgan fingerprint density at radius 1 is 1.14 bits per heavy atom. The molecular weight excluding hydrogens is 270 g/mol. The number of hydrogen-bond donors (Lipinski definition) is 4. The van der Waals surface area contributed by atoms with Crippen LogP contribution in [0.2, 0.25) is 0 Å². The number of carboxylic acid groups (broad SMARTS) is 1. The predicted octanol–water partition coefficient (Wildman–Crippen LogP) is 1.59. The lowest BCUT2D eigenvalue weighted by Crippen LogP contribution is -2.61. The number of nitrogens with one attached hydrogen (secondary N) is 2. The Labute approximate surface area is 125 Å². The highest BCUT2D eigenvalue weighted by Crippen LogP contribution is 2.32. The summed E-state index contributed by atoms with van der Waals surface area (Å²) < 4.78 is 0. The van der Waals surface area contributed by atoms with E-state index in [0.717, 1.165) is 38.5 Å². The van der Waals surface area contributed by atoms with E-state index in [9.17, 15) is 14.7 Å². The van der Waals surface area contributed by atoms with E-state index in [1.54, 1.807) is 0 Å². The summed E-state index contributed by atoms with van der Waals surface area (Å²) >= 11 is 0. The minimum Gasteiger partial charge on any atom is -0.480 e. The van der Waals surface area contributed by atoms with Crippen molar-refractivity contribution in [2.24, 2.45) is 11.7 Å². The second-order valence-corrected chi connectivity index (χ2v) is 6.72. The third-order valence-electron chi connectivity index (χ3n) is 5.03. The molecule has 21 heavy (non-hydrogen) atoms. The number of carboxylic acids is 1. The van der Waals surface area contributed by atoms with Crippen LogP contribution in [0.5, 0.6) is 0 Å². The van der Waals surface area contributed by atoms with Gasteiger partial charge in [0.05, 0.1) is 0 Å². The maximum Gasteiger partial charge on any atom is 0.329 e. The molecule has 0 saturated heterocycles. The summed E-state index contributed by atoms with van der Waals surface area (Å²) in [6.07, 6.45) is 6.57. The van der Waals surface area contributed by atoms with E-state index in [0.29, 0.717) is 18.8 Å². The smallest absolute Gasteiger partial charge is 0.329 e. The van der Waals surface area contributed by atoms with Crippen LogP contribution < -0.4 is 16.4 Å². The summed E-state index contributed by atoms with van der Waals surface area (Å²) in [6, 6.07) is -0.474. The van der Waals surface area contributed by atoms with Crippen molar-refractivity contribution in [2.75, 3.05) is 0 Å². The molecule has 2 atom stereocenters. The first kappa shape index (κ1) is 16.1. The highest BCUT2D eigenvalue weighted by Gasteiger charge is 2.42. The molecule has 2 unspecified atom stereocenters. The van der Waals surface area contributed by atoms with Gasteiger partial charge in [0, 0.05) is 12.1 Å². The Bertz CT molecular complexity index is 392. The second-order valence-electron chi connectivity index (χ2n) is 6.72. The summed E-state index contributed by atoms with van der Waals surface area (Å²) in [7, 11) is 0. The van der Waals surface area contributed by atoms with E-state index in [4.69, 9.17) is 5.73 Å². The molecule has 0 spiro atoms. The molecule has 0 bridgehead atoms. The van der Waals surface area contributed by atoms with Crippen LogP contribution >= 0.6 is 0 Å². The molecule has 0 aromatic rings. The van der Waals surface area contributed by atoms with Crippen molar-refractivity contribution in [1.82, 2.24) is 10.6 Å². The molecular formula is C15H27N3O3. The molecule has 6 heteroatoms. The number of urea groups is 1. The lowest BCUT2D eigenvalue weighted by atomic mass is 9.77. The summed E-state index contributed by atoms with van der Waals surface area (Å²) in [5.74, 6) is -0.411. The third-order valence-corrected chi connectivity index (χ3v) is 5.03. The van der Waals surface area contributed by atoms with Gasteiger partial charge in [0.1, 0.15) is 5.54 Å². The molecule has 0 heterocycles. The number of carbonyl (C=O) groups is 2. The second kappa shape index (κ2) is 6.64. The van der Waals surface area contributed by atoms with Gasteiger partial charge < -0.3 is 21.5 Å². The van der Waals surface area contributed by atoms with Crippen molar-refractivity contribution in [3.63, 3.8) is 0 Å². The minimum atomic E-state index is -1.12. The van der Waals surface area contributed by atoms with Gasteiger partial charge in [0.2, 0.25) is 0 Å². The quantitative estimate of drug-likeness (QED) is 0.635. The molecule has 2 aliphatic rings. The molecule has 2 amide bonds. The largest absolute Gasteiger partial charge is 0.480 e. The molecule has 0 aliphatic heterocycles. The Morgan fingerprint density at radius 3 is 2.33 bits per heavy atom. The van der Waals surface area contributed by atoms with Gasteiger partial charge in [-0.05, 0) is 44.4 Å². The fourth-order valence-electron chi connectivity index (χ4n) is 3.41. The first-order valence-electron chi connectivity index (χ1n) is 8.00. The zero-order valence-corrected chi connectivity index (χ0v) is 12.7. The van der Waals surface area contributed by atoms with Crippen molar-refractivity contribution < 1.29 is 14.7 Å². The zero-order chi connectivity index (χ0) is 15.5. The number of amides is 2. The standard InChI is InChI=1S/C15H27N3O3/c1-10-6-8-15(9-7-10,13(19)20)18-14(21)17-12-5-3-2-4-11(12)16/h10-12H,2-9,16H2,1H3,(H,19,20)(H2,17,18,21). The van der Waals surface area contributed by atoms with Crippen LogP contribution in [0.25, 0.3) is 0 Å². The normalized spacial score (nSPS) is 36.8. The van der Waals surface area contributed by atoms with E-state index < -0.39 is 17.5 Å². The lowest BCUT2D eigenvalue weighted by Gasteiger charge is -2.37. The highest BCUT2D eigenvalue weighted by molar-refractivity contribution is 5.86. The van der Waals surface area contributed by atoms with Crippen LogP contribution in [0.1, 0.15) is 58.3 Å². The average Bonchev–Trinajstić information content (AvgIpc) is 2.44. The van der Waals surface area contributed by atoms with E-state index in [1.165, 1.54) is 0 Å². The lowest BCUT2D eigenvalue weighted by molar-refractivity contribution is -0.146. The SMILES string of the molecule is CC1CCC(NC(=O)NC2CCCCC2N)(C(=O)O)CC1. The van der Waals surface area contributed by atoms with Gasteiger partial charge in [-0.15, -0.1) is 0 Å². The van der Waals surface area contributed by atoms with Crippen LogP contribution in [-0.2, 0) is 4.79 Å². The Hall–Kier alpha value is -1.30. The zero-order valence-electron chi connectivity index (χ0n) is 12.7. The van der Waals surface area contributed by atoms with E-state index in [1.807, 2.05) is 0 Å². The van der Waals surface area contributed by atoms with Crippen LogP contribution in [0.3, 0.4) is 0 Å². The van der Waals surface area contributed by atoms with Gasteiger partial charge in [0.15, 0.2) is 0 Å². The number of hydrogen-bond acceptors (Lipinski definition) is 3. The fraction of sp³-hybridized carbons (Fsp3) is 0.867. The maximum absolute atomic E-state index is 12.2. The number of carbonyl (C=O) groups excluding carboxylic acids is 1. The monoisotopic (exact) mass is 297 g/mol. The molecule has 2 fully saturated rings.